The topological polar surface area (TPSA) is 74.7 Å². The molecule has 0 aromatic rings. The number of hydrogen-bond acceptors (Lipinski definition) is 3. The number of imide groups is 1. The number of nitrogens with zero attached hydrogens (tertiary/aromatic N) is 1. The quantitative estimate of drug-likeness (QED) is 0.774. The number of carboxylic acid groups (broad SMARTS) is 1. The maximum absolute atomic E-state index is 11.4. The van der Waals surface area contributed by atoms with E-state index in [1.807, 2.05) is 0 Å². The average molecular weight is 266 g/mol. The molecule has 5 nitrogen and oxygen atoms in total. The van der Waals surface area contributed by atoms with Gasteiger partial charge in [-0.05, 0) is 5.92 Å². The Balaban J connectivity index is 2.68. The normalized spacial score (nSPS) is 18.3. The molecule has 0 radical (unpaired) electrons. The third-order valence-corrected chi connectivity index (χ3v) is 2.87. The molecule has 88 valence electrons. The fraction of sp³-hybridized carbons (Fsp3) is 0.444. The Morgan fingerprint density at radius 2 is 1.75 bits per heavy atom. The highest BCUT2D eigenvalue weighted by molar-refractivity contribution is 6.58. The maximum Gasteiger partial charge on any atom is 0.303 e. The van der Waals surface area contributed by atoms with Crippen LogP contribution in [0.2, 0.25) is 0 Å². The molecule has 1 atom stereocenters. The lowest BCUT2D eigenvalue weighted by atomic mass is 10.1. The van der Waals surface area contributed by atoms with Gasteiger partial charge in [0.05, 0.1) is 0 Å². The fourth-order valence-corrected chi connectivity index (χ4v) is 1.72. The highest BCUT2D eigenvalue weighted by Gasteiger charge is 2.37. The number of aliphatic carboxylic acids is 1. The Labute approximate surface area is 102 Å². The number of carbonyl (C=O) groups is 3. The Bertz CT molecular complexity index is 367. The van der Waals surface area contributed by atoms with Gasteiger partial charge in [0, 0.05) is 13.0 Å². The number of amides is 2. The smallest absolute Gasteiger partial charge is 0.303 e. The largest absolute Gasteiger partial charge is 0.481 e. The van der Waals surface area contributed by atoms with Crippen molar-refractivity contribution in [3.8, 4) is 0 Å². The van der Waals surface area contributed by atoms with Gasteiger partial charge in [0.15, 0.2) is 0 Å². The van der Waals surface area contributed by atoms with Crippen LogP contribution in [0.1, 0.15) is 13.3 Å². The van der Waals surface area contributed by atoms with E-state index >= 15 is 0 Å². The number of halogens is 2. The summed E-state index contributed by atoms with van der Waals surface area (Å²) in [4.78, 5) is 34.1. The van der Waals surface area contributed by atoms with Crippen LogP contribution in [0.15, 0.2) is 10.1 Å². The summed E-state index contributed by atoms with van der Waals surface area (Å²) in [6.45, 7) is 1.62. The number of rotatable bonds is 4. The molecule has 0 fully saturated rings. The van der Waals surface area contributed by atoms with Gasteiger partial charge in [-0.15, -0.1) is 0 Å². The van der Waals surface area contributed by atoms with Gasteiger partial charge in [0.1, 0.15) is 10.1 Å². The molecule has 1 aliphatic heterocycles. The minimum Gasteiger partial charge on any atom is -0.481 e. The summed E-state index contributed by atoms with van der Waals surface area (Å²) in [6, 6.07) is 0. The standard InChI is InChI=1S/C9H9Cl2NO4/c1-4(2-5(13)14)3-12-8(15)6(10)7(11)9(12)16/h4H,2-3H2,1H3,(H,13,14). The van der Waals surface area contributed by atoms with Crippen molar-refractivity contribution in [2.75, 3.05) is 6.54 Å². The second-order valence-electron chi connectivity index (χ2n) is 3.55. The van der Waals surface area contributed by atoms with Crippen LogP contribution in [0, 0.1) is 5.92 Å². The van der Waals surface area contributed by atoms with Crippen molar-refractivity contribution in [2.24, 2.45) is 5.92 Å². The molecule has 1 unspecified atom stereocenters. The predicted molar refractivity (Wildman–Crippen MR) is 56.9 cm³/mol. The lowest BCUT2D eigenvalue weighted by molar-refractivity contribution is -0.141. The van der Waals surface area contributed by atoms with E-state index in [0.29, 0.717) is 0 Å². The van der Waals surface area contributed by atoms with E-state index in [1.54, 1.807) is 6.92 Å². The van der Waals surface area contributed by atoms with E-state index in [2.05, 4.69) is 0 Å². The summed E-state index contributed by atoms with van der Waals surface area (Å²) in [7, 11) is 0. The van der Waals surface area contributed by atoms with Gasteiger partial charge < -0.3 is 5.11 Å². The van der Waals surface area contributed by atoms with Gasteiger partial charge in [0.25, 0.3) is 11.8 Å². The zero-order chi connectivity index (χ0) is 12.5. The molecular formula is C9H9Cl2NO4. The first-order chi connectivity index (χ1) is 7.34. The minimum absolute atomic E-state index is 0.00356. The Morgan fingerprint density at radius 1 is 1.31 bits per heavy atom. The van der Waals surface area contributed by atoms with Crippen LogP contribution in [0.25, 0.3) is 0 Å². The monoisotopic (exact) mass is 265 g/mol. The Morgan fingerprint density at radius 3 is 2.12 bits per heavy atom. The number of hydrogen-bond donors (Lipinski definition) is 1. The molecule has 7 heteroatoms. The molecule has 0 aliphatic carbocycles. The van der Waals surface area contributed by atoms with Crippen LogP contribution >= 0.6 is 23.2 Å². The van der Waals surface area contributed by atoms with E-state index < -0.39 is 17.8 Å². The van der Waals surface area contributed by atoms with Gasteiger partial charge >= 0.3 is 5.97 Å². The van der Waals surface area contributed by atoms with Crippen molar-refractivity contribution in [1.29, 1.82) is 0 Å². The maximum atomic E-state index is 11.4. The molecular weight excluding hydrogens is 257 g/mol. The summed E-state index contributed by atoms with van der Waals surface area (Å²) < 4.78 is 0. The molecule has 1 N–H and O–H groups in total. The van der Waals surface area contributed by atoms with Crippen molar-refractivity contribution in [3.05, 3.63) is 10.1 Å². The van der Waals surface area contributed by atoms with Gasteiger partial charge in [-0.25, -0.2) is 0 Å². The van der Waals surface area contributed by atoms with Gasteiger partial charge in [-0.1, -0.05) is 30.1 Å². The van der Waals surface area contributed by atoms with Crippen LogP contribution in [0.3, 0.4) is 0 Å². The highest BCUT2D eigenvalue weighted by atomic mass is 35.5. The van der Waals surface area contributed by atoms with Gasteiger partial charge in [-0.2, -0.15) is 0 Å². The zero-order valence-electron chi connectivity index (χ0n) is 8.37. The minimum atomic E-state index is -0.989. The lowest BCUT2D eigenvalue weighted by Gasteiger charge is -2.17. The second-order valence-corrected chi connectivity index (χ2v) is 4.31. The van der Waals surface area contributed by atoms with E-state index in [1.165, 1.54) is 0 Å². The van der Waals surface area contributed by atoms with Crippen LogP contribution in [-0.2, 0) is 14.4 Å². The van der Waals surface area contributed by atoms with E-state index in [9.17, 15) is 14.4 Å². The molecule has 0 aromatic heterocycles. The number of carbonyl (C=O) groups excluding carboxylic acids is 2. The van der Waals surface area contributed by atoms with Crippen molar-refractivity contribution in [1.82, 2.24) is 4.90 Å². The molecule has 0 bridgehead atoms. The van der Waals surface area contributed by atoms with Gasteiger partial charge in [-0.3, -0.25) is 19.3 Å². The SMILES string of the molecule is CC(CC(=O)O)CN1C(=O)C(Cl)=C(Cl)C1=O. The molecule has 2 amide bonds. The van der Waals surface area contributed by atoms with Crippen molar-refractivity contribution in [3.63, 3.8) is 0 Å². The Hall–Kier alpha value is -1.07. The molecule has 0 aromatic carbocycles. The molecule has 1 rings (SSSR count). The molecule has 1 aliphatic rings. The summed E-state index contributed by atoms with van der Waals surface area (Å²) >= 11 is 11.0. The third kappa shape index (κ3) is 2.54. The van der Waals surface area contributed by atoms with Gasteiger partial charge in [0.2, 0.25) is 0 Å². The van der Waals surface area contributed by atoms with E-state index in [0.717, 1.165) is 4.90 Å². The number of carboxylic acids is 1. The predicted octanol–water partition coefficient (Wildman–Crippen LogP) is 1.16. The van der Waals surface area contributed by atoms with Crippen molar-refractivity contribution >= 4 is 41.0 Å². The van der Waals surface area contributed by atoms with Crippen LogP contribution < -0.4 is 0 Å². The lowest BCUT2D eigenvalue weighted by Crippen LogP contribution is -2.35. The summed E-state index contributed by atoms with van der Waals surface area (Å²) in [5.74, 6) is -2.68. The highest BCUT2D eigenvalue weighted by Crippen LogP contribution is 2.27. The van der Waals surface area contributed by atoms with E-state index in [4.69, 9.17) is 28.3 Å². The summed E-state index contributed by atoms with van der Waals surface area (Å²) in [5, 5.41) is 7.92. The average Bonchev–Trinajstić information content (AvgIpc) is 2.34. The first kappa shape index (κ1) is 13.0. The molecule has 0 saturated heterocycles. The summed E-state index contributed by atoms with van der Waals surface area (Å²) in [6.07, 6.45) is -0.133. The third-order valence-electron chi connectivity index (χ3n) is 2.08. The van der Waals surface area contributed by atoms with Crippen LogP contribution in [-0.4, -0.2) is 34.3 Å². The van der Waals surface area contributed by atoms with Crippen molar-refractivity contribution in [2.45, 2.75) is 13.3 Å². The molecule has 16 heavy (non-hydrogen) atoms. The zero-order valence-corrected chi connectivity index (χ0v) is 9.88. The van der Waals surface area contributed by atoms with E-state index in [-0.39, 0.29) is 28.9 Å². The fourth-order valence-electron chi connectivity index (χ4n) is 1.36. The Kier molecular flexibility index (Phi) is 3.93. The molecule has 0 spiro atoms. The molecule has 1 heterocycles. The van der Waals surface area contributed by atoms with Crippen LogP contribution in [0.5, 0.6) is 0 Å². The van der Waals surface area contributed by atoms with Crippen molar-refractivity contribution < 1.29 is 19.5 Å². The summed E-state index contributed by atoms with van der Waals surface area (Å²) in [5.41, 5.74) is 0. The first-order valence-corrected chi connectivity index (χ1v) is 5.23. The first-order valence-electron chi connectivity index (χ1n) is 4.47. The van der Waals surface area contributed by atoms with Crippen LogP contribution in [0.4, 0.5) is 0 Å². The second kappa shape index (κ2) is 4.84. The molecule has 0 saturated carbocycles.